The lowest BCUT2D eigenvalue weighted by molar-refractivity contribution is 0.102. The van der Waals surface area contributed by atoms with Gasteiger partial charge in [0, 0.05) is 5.56 Å². The minimum Gasteiger partial charge on any atom is -0.293 e. The molecule has 4 nitrogen and oxygen atoms in total. The van der Waals surface area contributed by atoms with Crippen molar-refractivity contribution in [1.82, 2.24) is 9.55 Å². The number of thioether (sulfide) groups is 1. The maximum absolute atomic E-state index is 13.2. The number of carbonyl (C=O) groups excluding carboxylic acids is 1. The van der Waals surface area contributed by atoms with Crippen molar-refractivity contribution < 1.29 is 9.18 Å². The molecule has 4 rings (SSSR count). The molecule has 4 aromatic rings. The lowest BCUT2D eigenvalue weighted by atomic mass is 10.1. The summed E-state index contributed by atoms with van der Waals surface area (Å²) in [5, 5.41) is 1.45. The third-order valence-electron chi connectivity index (χ3n) is 4.40. The lowest BCUT2D eigenvalue weighted by Gasteiger charge is -2.13. The van der Waals surface area contributed by atoms with E-state index < -0.39 is 5.82 Å². The van der Waals surface area contributed by atoms with Gasteiger partial charge in [-0.2, -0.15) is 0 Å². The van der Waals surface area contributed by atoms with Gasteiger partial charge in [0.05, 0.1) is 32.4 Å². The van der Waals surface area contributed by atoms with E-state index in [1.807, 2.05) is 0 Å². The van der Waals surface area contributed by atoms with Gasteiger partial charge in [-0.1, -0.05) is 47.1 Å². The largest absolute Gasteiger partial charge is 0.293 e. The standard InChI is InChI=1S/C22H13Cl2FN2O2S/c23-17-10-9-15(11-18(17)24)27-21(29)16-3-1-2-4-19(16)26-22(27)30-12-20(28)13-5-7-14(25)8-6-13/h1-11H,12H2. The zero-order chi connectivity index (χ0) is 21.3. The quantitative estimate of drug-likeness (QED) is 0.215. The van der Waals surface area contributed by atoms with Crippen LogP contribution in [0.4, 0.5) is 4.39 Å². The molecule has 0 N–H and O–H groups in total. The van der Waals surface area contributed by atoms with Gasteiger partial charge in [-0.3, -0.25) is 14.2 Å². The number of nitrogens with zero attached hydrogens (tertiary/aromatic N) is 2. The number of fused-ring (bicyclic) bond motifs is 1. The normalized spacial score (nSPS) is 11.0. The zero-order valence-electron chi connectivity index (χ0n) is 15.3. The van der Waals surface area contributed by atoms with E-state index in [0.29, 0.717) is 37.4 Å². The minimum atomic E-state index is -0.413. The van der Waals surface area contributed by atoms with Gasteiger partial charge in [0.2, 0.25) is 0 Å². The molecular weight excluding hydrogens is 446 g/mol. The highest BCUT2D eigenvalue weighted by Gasteiger charge is 2.16. The Morgan fingerprint density at radius 1 is 1.00 bits per heavy atom. The smallest absolute Gasteiger partial charge is 0.266 e. The molecule has 0 bridgehead atoms. The molecule has 30 heavy (non-hydrogen) atoms. The van der Waals surface area contributed by atoms with Crippen molar-refractivity contribution in [2.24, 2.45) is 0 Å². The molecule has 0 aliphatic rings. The van der Waals surface area contributed by atoms with Crippen LogP contribution < -0.4 is 5.56 Å². The van der Waals surface area contributed by atoms with Crippen LogP contribution in [0.15, 0.2) is 76.7 Å². The van der Waals surface area contributed by atoms with Crippen LogP contribution in [0.2, 0.25) is 10.0 Å². The Hall–Kier alpha value is -2.67. The highest BCUT2D eigenvalue weighted by Crippen LogP contribution is 2.27. The average Bonchev–Trinajstić information content (AvgIpc) is 2.75. The van der Waals surface area contributed by atoms with Crippen molar-refractivity contribution in [2.45, 2.75) is 5.16 Å². The lowest BCUT2D eigenvalue weighted by Crippen LogP contribution is -2.22. The molecule has 1 aromatic heterocycles. The molecule has 0 radical (unpaired) electrons. The number of aromatic nitrogens is 2. The summed E-state index contributed by atoms with van der Waals surface area (Å²) in [6, 6.07) is 17.1. The first-order valence-corrected chi connectivity index (χ1v) is 10.6. The predicted molar refractivity (Wildman–Crippen MR) is 119 cm³/mol. The van der Waals surface area contributed by atoms with Crippen LogP contribution >= 0.6 is 35.0 Å². The van der Waals surface area contributed by atoms with Gasteiger partial charge < -0.3 is 0 Å². The topological polar surface area (TPSA) is 52.0 Å². The number of hydrogen-bond donors (Lipinski definition) is 0. The first kappa shape index (κ1) is 20.6. The molecule has 0 atom stereocenters. The van der Waals surface area contributed by atoms with Crippen LogP contribution in [0.1, 0.15) is 10.4 Å². The second-order valence-electron chi connectivity index (χ2n) is 6.37. The van der Waals surface area contributed by atoms with Crippen LogP contribution in [-0.4, -0.2) is 21.1 Å². The Kier molecular flexibility index (Phi) is 5.90. The van der Waals surface area contributed by atoms with Crippen LogP contribution in [0.5, 0.6) is 0 Å². The Balaban J connectivity index is 1.77. The van der Waals surface area contributed by atoms with Crippen molar-refractivity contribution in [3.8, 4) is 5.69 Å². The molecule has 1 heterocycles. The summed E-state index contributed by atoms with van der Waals surface area (Å²) >= 11 is 13.3. The molecule has 0 aliphatic carbocycles. The summed E-state index contributed by atoms with van der Waals surface area (Å²) in [7, 11) is 0. The number of benzene rings is 3. The Labute approximate surface area is 185 Å². The summed E-state index contributed by atoms with van der Waals surface area (Å²) in [5.74, 6) is -0.593. The van der Waals surface area contributed by atoms with Crippen LogP contribution in [0, 0.1) is 5.82 Å². The molecule has 150 valence electrons. The van der Waals surface area contributed by atoms with E-state index in [1.54, 1.807) is 42.5 Å². The SMILES string of the molecule is O=C(CSc1nc2ccccc2c(=O)n1-c1ccc(Cl)c(Cl)c1)c1ccc(F)cc1. The third kappa shape index (κ3) is 4.12. The number of halogens is 3. The molecule has 0 saturated heterocycles. The maximum Gasteiger partial charge on any atom is 0.266 e. The monoisotopic (exact) mass is 458 g/mol. The highest BCUT2D eigenvalue weighted by atomic mass is 35.5. The summed E-state index contributed by atoms with van der Waals surface area (Å²) in [5.41, 5.74) is 1.11. The molecular formula is C22H13Cl2FN2O2S. The van der Waals surface area contributed by atoms with E-state index in [0.717, 1.165) is 11.8 Å². The predicted octanol–water partition coefficient (Wildman–Crippen LogP) is 5.81. The number of carbonyl (C=O) groups is 1. The van der Waals surface area contributed by atoms with E-state index >= 15 is 0 Å². The van der Waals surface area contributed by atoms with E-state index in [4.69, 9.17) is 23.2 Å². The van der Waals surface area contributed by atoms with Gasteiger partial charge in [-0.05, 0) is 54.6 Å². The van der Waals surface area contributed by atoms with Crippen molar-refractivity contribution in [1.29, 1.82) is 0 Å². The summed E-state index contributed by atoms with van der Waals surface area (Å²) in [6.07, 6.45) is 0. The van der Waals surface area contributed by atoms with Gasteiger partial charge in [0.1, 0.15) is 5.82 Å². The fourth-order valence-electron chi connectivity index (χ4n) is 2.91. The van der Waals surface area contributed by atoms with Crippen molar-refractivity contribution in [3.05, 3.63) is 98.5 Å². The fourth-order valence-corrected chi connectivity index (χ4v) is 4.11. The Bertz CT molecular complexity index is 1320. The second-order valence-corrected chi connectivity index (χ2v) is 8.13. The zero-order valence-corrected chi connectivity index (χ0v) is 17.6. The van der Waals surface area contributed by atoms with Crippen LogP contribution in [0.3, 0.4) is 0 Å². The van der Waals surface area contributed by atoms with E-state index in [-0.39, 0.29) is 17.1 Å². The summed E-state index contributed by atoms with van der Waals surface area (Å²) in [6.45, 7) is 0. The van der Waals surface area contributed by atoms with Gasteiger partial charge in [0.25, 0.3) is 5.56 Å². The number of ketones is 1. The average molecular weight is 459 g/mol. The van der Waals surface area contributed by atoms with E-state index in [2.05, 4.69) is 4.98 Å². The Morgan fingerprint density at radius 2 is 1.73 bits per heavy atom. The van der Waals surface area contributed by atoms with Crippen molar-refractivity contribution in [2.75, 3.05) is 5.75 Å². The van der Waals surface area contributed by atoms with Gasteiger partial charge in [-0.15, -0.1) is 0 Å². The number of hydrogen-bond acceptors (Lipinski definition) is 4. The van der Waals surface area contributed by atoms with Crippen molar-refractivity contribution in [3.63, 3.8) is 0 Å². The van der Waals surface area contributed by atoms with Crippen LogP contribution in [0.25, 0.3) is 16.6 Å². The first-order valence-electron chi connectivity index (χ1n) is 8.83. The van der Waals surface area contributed by atoms with Gasteiger partial charge in [0.15, 0.2) is 10.9 Å². The number of rotatable bonds is 5. The van der Waals surface area contributed by atoms with Gasteiger partial charge in [-0.25, -0.2) is 9.37 Å². The maximum atomic E-state index is 13.2. The number of para-hydroxylation sites is 1. The summed E-state index contributed by atoms with van der Waals surface area (Å²) in [4.78, 5) is 30.3. The molecule has 0 spiro atoms. The summed E-state index contributed by atoms with van der Waals surface area (Å²) < 4.78 is 14.5. The van der Waals surface area contributed by atoms with Crippen molar-refractivity contribution >= 4 is 51.6 Å². The molecule has 0 fully saturated rings. The fraction of sp³-hybridized carbons (Fsp3) is 0.0455. The molecule has 0 unspecified atom stereocenters. The van der Waals surface area contributed by atoms with Crippen LogP contribution in [-0.2, 0) is 0 Å². The molecule has 3 aromatic carbocycles. The van der Waals surface area contributed by atoms with E-state index in [1.165, 1.54) is 28.8 Å². The van der Waals surface area contributed by atoms with Gasteiger partial charge >= 0.3 is 0 Å². The third-order valence-corrected chi connectivity index (χ3v) is 6.08. The highest BCUT2D eigenvalue weighted by molar-refractivity contribution is 7.99. The minimum absolute atomic E-state index is 0.0255. The molecule has 0 aliphatic heterocycles. The molecule has 0 saturated carbocycles. The number of Topliss-reactive ketones (excluding diaryl/α,β-unsaturated/α-hetero) is 1. The Morgan fingerprint density at radius 3 is 2.47 bits per heavy atom. The first-order chi connectivity index (χ1) is 14.4. The molecule has 0 amide bonds. The molecule has 8 heteroatoms. The second kappa shape index (κ2) is 8.60. The van der Waals surface area contributed by atoms with E-state index in [9.17, 15) is 14.0 Å².